The summed E-state index contributed by atoms with van der Waals surface area (Å²) >= 11 is 6.74. The van der Waals surface area contributed by atoms with Crippen molar-refractivity contribution in [3.05, 3.63) is 85.7 Å². The maximum atomic E-state index is 12.7. The van der Waals surface area contributed by atoms with Crippen LogP contribution in [0.4, 0.5) is 0 Å². The van der Waals surface area contributed by atoms with Crippen molar-refractivity contribution in [1.82, 2.24) is 14.9 Å². The second-order valence-electron chi connectivity index (χ2n) is 7.49. The van der Waals surface area contributed by atoms with E-state index in [1.54, 1.807) is 12.1 Å². The number of amides is 1. The largest absolute Gasteiger partial charge is 0.454 e. The molecule has 3 heterocycles. The summed E-state index contributed by atoms with van der Waals surface area (Å²) in [6.45, 7) is 2.46. The van der Waals surface area contributed by atoms with E-state index in [-0.39, 0.29) is 24.3 Å². The summed E-state index contributed by atoms with van der Waals surface area (Å²) in [4.78, 5) is 28.5. The Morgan fingerprint density at radius 3 is 2.78 bits per heavy atom. The van der Waals surface area contributed by atoms with Gasteiger partial charge in [0.05, 0.1) is 18.1 Å². The minimum absolute atomic E-state index is 0.113. The van der Waals surface area contributed by atoms with Gasteiger partial charge in [-0.25, -0.2) is 0 Å². The van der Waals surface area contributed by atoms with Crippen LogP contribution in [0.1, 0.15) is 34.5 Å². The average molecular weight is 466 g/mol. The molecule has 1 amide bonds. The van der Waals surface area contributed by atoms with E-state index in [4.69, 9.17) is 21.7 Å². The third-order valence-corrected chi connectivity index (χ3v) is 6.62. The molecule has 1 aliphatic rings. The quantitative estimate of drug-likeness (QED) is 0.427. The van der Waals surface area contributed by atoms with Crippen LogP contribution in [-0.4, -0.2) is 22.3 Å². The summed E-state index contributed by atoms with van der Waals surface area (Å²) in [5.74, 6) is 1.21. The van der Waals surface area contributed by atoms with E-state index in [0.29, 0.717) is 33.1 Å². The molecular weight excluding hydrogens is 446 g/mol. The number of carbonyl (C=O) groups excluding carboxylic acids is 1. The van der Waals surface area contributed by atoms with Gasteiger partial charge in [-0.1, -0.05) is 18.2 Å². The highest BCUT2D eigenvalue weighted by Crippen LogP contribution is 2.34. The number of fused-ring (bicyclic) bond motifs is 2. The Kier molecular flexibility index (Phi) is 5.28. The van der Waals surface area contributed by atoms with Crippen molar-refractivity contribution in [3.8, 4) is 11.5 Å². The van der Waals surface area contributed by atoms with Crippen molar-refractivity contribution >= 4 is 39.7 Å². The molecule has 4 aromatic rings. The average Bonchev–Trinajstić information content (AvgIpc) is 3.45. The molecule has 2 aromatic carbocycles. The third-order valence-electron chi connectivity index (χ3n) is 5.39. The Hall–Kier alpha value is -3.43. The second-order valence-corrected chi connectivity index (χ2v) is 8.79. The molecule has 32 heavy (non-hydrogen) atoms. The number of benzene rings is 2. The van der Waals surface area contributed by atoms with Crippen LogP contribution in [0.15, 0.2) is 58.7 Å². The molecule has 1 atom stereocenters. The highest BCUT2D eigenvalue weighted by atomic mass is 32.1. The molecule has 0 aliphatic carbocycles. The van der Waals surface area contributed by atoms with Gasteiger partial charge in [-0.3, -0.25) is 14.2 Å². The van der Waals surface area contributed by atoms with Gasteiger partial charge < -0.3 is 19.8 Å². The van der Waals surface area contributed by atoms with Crippen molar-refractivity contribution < 1.29 is 14.3 Å². The lowest BCUT2D eigenvalue weighted by atomic mass is 10.1. The molecule has 1 aliphatic heterocycles. The van der Waals surface area contributed by atoms with Crippen LogP contribution in [0.2, 0.25) is 0 Å². The van der Waals surface area contributed by atoms with Crippen molar-refractivity contribution in [2.45, 2.75) is 19.5 Å². The first-order valence-electron chi connectivity index (χ1n) is 9.99. The van der Waals surface area contributed by atoms with Gasteiger partial charge in [0.2, 0.25) is 6.79 Å². The molecule has 9 heteroatoms. The lowest BCUT2D eigenvalue weighted by molar-refractivity contribution is 0.0939. The SMILES string of the molecule is CC(NC(=O)c1ccc(Cn2c(=S)[nH]c3ccsc3c2=O)cc1)c1ccc2c(c1)OCO2. The van der Waals surface area contributed by atoms with Crippen LogP contribution in [0.5, 0.6) is 11.5 Å². The number of nitrogens with one attached hydrogen (secondary N) is 2. The van der Waals surface area contributed by atoms with E-state index in [2.05, 4.69) is 10.3 Å². The Morgan fingerprint density at radius 1 is 1.19 bits per heavy atom. The zero-order valence-electron chi connectivity index (χ0n) is 17.1. The summed E-state index contributed by atoms with van der Waals surface area (Å²) in [7, 11) is 0. The van der Waals surface area contributed by atoms with Gasteiger partial charge in [0.1, 0.15) is 4.70 Å². The molecule has 0 fully saturated rings. The predicted molar refractivity (Wildman–Crippen MR) is 125 cm³/mol. The number of rotatable bonds is 5. The van der Waals surface area contributed by atoms with Gasteiger partial charge in [0.15, 0.2) is 16.3 Å². The van der Waals surface area contributed by atoms with Gasteiger partial charge in [-0.05, 0) is 66.0 Å². The van der Waals surface area contributed by atoms with Crippen LogP contribution in [-0.2, 0) is 6.54 Å². The standard InChI is InChI=1S/C23H19N3O4S2/c1-13(16-6-7-18-19(10-16)30-12-29-18)24-21(27)15-4-2-14(3-5-15)11-26-22(28)20-17(8-9-32-20)25-23(26)31/h2-10,13H,11-12H2,1H3,(H,24,27)(H,25,31). The Labute approximate surface area is 192 Å². The van der Waals surface area contributed by atoms with Crippen molar-refractivity contribution in [2.24, 2.45) is 0 Å². The van der Waals surface area contributed by atoms with Crippen LogP contribution in [0, 0.1) is 4.77 Å². The zero-order valence-corrected chi connectivity index (χ0v) is 18.7. The monoisotopic (exact) mass is 465 g/mol. The summed E-state index contributed by atoms with van der Waals surface area (Å²) in [5.41, 5.74) is 2.98. The van der Waals surface area contributed by atoms with Crippen LogP contribution in [0.3, 0.4) is 0 Å². The second kappa shape index (κ2) is 8.25. The Morgan fingerprint density at radius 2 is 1.97 bits per heavy atom. The molecule has 7 nitrogen and oxygen atoms in total. The molecule has 2 N–H and O–H groups in total. The highest BCUT2D eigenvalue weighted by molar-refractivity contribution is 7.71. The maximum absolute atomic E-state index is 12.7. The van der Waals surface area contributed by atoms with Crippen molar-refractivity contribution in [3.63, 3.8) is 0 Å². The van der Waals surface area contributed by atoms with E-state index < -0.39 is 0 Å². The van der Waals surface area contributed by atoms with Gasteiger partial charge >= 0.3 is 0 Å². The molecule has 0 radical (unpaired) electrons. The summed E-state index contributed by atoms with van der Waals surface area (Å²) in [5, 5.41) is 4.86. The topological polar surface area (TPSA) is 85.4 Å². The first-order chi connectivity index (χ1) is 15.5. The summed E-state index contributed by atoms with van der Waals surface area (Å²) < 4.78 is 13.3. The van der Waals surface area contributed by atoms with Crippen molar-refractivity contribution in [1.29, 1.82) is 0 Å². The molecule has 162 valence electrons. The first kappa shape index (κ1) is 20.5. The van der Waals surface area contributed by atoms with E-state index in [9.17, 15) is 9.59 Å². The van der Waals surface area contributed by atoms with E-state index >= 15 is 0 Å². The number of ether oxygens (including phenoxy) is 2. The normalized spacial score (nSPS) is 13.3. The number of hydrogen-bond acceptors (Lipinski definition) is 6. The molecule has 2 aromatic heterocycles. The lowest BCUT2D eigenvalue weighted by Crippen LogP contribution is -2.26. The molecule has 0 bridgehead atoms. The minimum atomic E-state index is -0.203. The van der Waals surface area contributed by atoms with Crippen LogP contribution < -0.4 is 20.3 Å². The summed E-state index contributed by atoms with van der Waals surface area (Å²) in [6.07, 6.45) is 0. The predicted octanol–water partition coefficient (Wildman–Crippen LogP) is 4.39. The molecule has 0 spiro atoms. The van der Waals surface area contributed by atoms with Gasteiger partial charge in [0.25, 0.3) is 11.5 Å². The number of aromatic nitrogens is 2. The maximum Gasteiger partial charge on any atom is 0.272 e. The lowest BCUT2D eigenvalue weighted by Gasteiger charge is -2.15. The Bertz CT molecular complexity index is 1440. The van der Waals surface area contributed by atoms with E-state index in [0.717, 1.165) is 16.6 Å². The fraction of sp³-hybridized carbons (Fsp3) is 0.174. The number of carbonyl (C=O) groups is 1. The first-order valence-corrected chi connectivity index (χ1v) is 11.3. The smallest absolute Gasteiger partial charge is 0.272 e. The number of H-pyrrole nitrogens is 1. The van der Waals surface area contributed by atoms with Crippen LogP contribution >= 0.6 is 23.6 Å². The fourth-order valence-electron chi connectivity index (χ4n) is 3.60. The van der Waals surface area contributed by atoms with E-state index in [1.165, 1.54) is 15.9 Å². The fourth-order valence-corrected chi connectivity index (χ4v) is 4.66. The third kappa shape index (κ3) is 3.80. The van der Waals surface area contributed by atoms with Gasteiger partial charge in [0, 0.05) is 5.56 Å². The minimum Gasteiger partial charge on any atom is -0.454 e. The molecule has 0 saturated carbocycles. The number of hydrogen-bond donors (Lipinski definition) is 2. The van der Waals surface area contributed by atoms with Gasteiger partial charge in [-0.15, -0.1) is 11.3 Å². The van der Waals surface area contributed by atoms with Gasteiger partial charge in [-0.2, -0.15) is 0 Å². The molecule has 0 saturated heterocycles. The van der Waals surface area contributed by atoms with Crippen LogP contribution in [0.25, 0.3) is 10.2 Å². The number of nitrogens with zero attached hydrogens (tertiary/aromatic N) is 1. The summed E-state index contributed by atoms with van der Waals surface area (Å²) in [6, 6.07) is 14.4. The molecule has 5 rings (SSSR count). The van der Waals surface area contributed by atoms with E-state index in [1.807, 2.05) is 48.7 Å². The number of aromatic amines is 1. The molecular formula is C23H19N3O4S2. The Balaban J connectivity index is 1.30. The van der Waals surface area contributed by atoms with Crippen molar-refractivity contribution in [2.75, 3.05) is 6.79 Å². The highest BCUT2D eigenvalue weighted by Gasteiger charge is 2.17. The molecule has 1 unspecified atom stereocenters. The number of thiophene rings is 1. The zero-order chi connectivity index (χ0) is 22.2.